The predicted octanol–water partition coefficient (Wildman–Crippen LogP) is 12.5. The van der Waals surface area contributed by atoms with Crippen LogP contribution in [0, 0.1) is 0 Å². The Morgan fingerprint density at radius 2 is 0.822 bits per heavy atom. The Labute approximate surface area is 264 Å². The van der Waals surface area contributed by atoms with E-state index < -0.39 is 0 Å². The number of rotatable bonds is 6. The molecule has 0 atom stereocenters. The monoisotopic (exact) mass is 573 g/mol. The summed E-state index contributed by atoms with van der Waals surface area (Å²) < 4.78 is 0. The molecule has 0 unspecified atom stereocenters. The van der Waals surface area contributed by atoms with Gasteiger partial charge in [0.25, 0.3) is 0 Å². The molecule has 8 aromatic carbocycles. The van der Waals surface area contributed by atoms with Crippen molar-refractivity contribution in [3.05, 3.63) is 188 Å². The second-order valence-corrected chi connectivity index (χ2v) is 11.4. The van der Waals surface area contributed by atoms with E-state index in [1.165, 1.54) is 54.9 Å². The average Bonchev–Trinajstić information content (AvgIpc) is 3.13. The SMILES string of the molecule is c1ccc(-c2cccc(N(c3ccc(-c4ccccc4-c4ccccc4)cc3)c3cc4ccccc4c4ccccc34)c2)cc1. The highest BCUT2D eigenvalue weighted by molar-refractivity contribution is 6.14. The maximum atomic E-state index is 2.41. The van der Waals surface area contributed by atoms with Crippen LogP contribution in [0.1, 0.15) is 0 Å². The summed E-state index contributed by atoms with van der Waals surface area (Å²) in [5.74, 6) is 0. The summed E-state index contributed by atoms with van der Waals surface area (Å²) in [5, 5.41) is 4.97. The van der Waals surface area contributed by atoms with Gasteiger partial charge in [0.15, 0.2) is 0 Å². The van der Waals surface area contributed by atoms with E-state index in [9.17, 15) is 0 Å². The molecule has 8 aromatic rings. The van der Waals surface area contributed by atoms with Crippen molar-refractivity contribution in [1.29, 1.82) is 0 Å². The highest BCUT2D eigenvalue weighted by Gasteiger charge is 2.18. The second-order valence-electron chi connectivity index (χ2n) is 11.4. The molecule has 212 valence electrons. The van der Waals surface area contributed by atoms with E-state index >= 15 is 0 Å². The summed E-state index contributed by atoms with van der Waals surface area (Å²) in [6, 6.07) is 67.6. The summed E-state index contributed by atoms with van der Waals surface area (Å²) in [7, 11) is 0. The van der Waals surface area contributed by atoms with Crippen LogP contribution in [0.5, 0.6) is 0 Å². The lowest BCUT2D eigenvalue weighted by Gasteiger charge is -2.28. The molecule has 45 heavy (non-hydrogen) atoms. The molecule has 0 aliphatic carbocycles. The van der Waals surface area contributed by atoms with Gasteiger partial charge in [-0.15, -0.1) is 0 Å². The maximum absolute atomic E-state index is 2.41. The van der Waals surface area contributed by atoms with Crippen molar-refractivity contribution in [2.75, 3.05) is 4.90 Å². The zero-order valence-electron chi connectivity index (χ0n) is 24.8. The van der Waals surface area contributed by atoms with E-state index in [1.807, 2.05) is 0 Å². The number of hydrogen-bond donors (Lipinski definition) is 0. The van der Waals surface area contributed by atoms with Crippen LogP contribution in [0.25, 0.3) is 54.9 Å². The summed E-state index contributed by atoms with van der Waals surface area (Å²) in [5.41, 5.74) is 10.7. The third-order valence-corrected chi connectivity index (χ3v) is 8.65. The van der Waals surface area contributed by atoms with Gasteiger partial charge in [-0.25, -0.2) is 0 Å². The summed E-state index contributed by atoms with van der Waals surface area (Å²) in [4.78, 5) is 2.41. The molecule has 0 fully saturated rings. The third kappa shape index (κ3) is 5.05. The van der Waals surface area contributed by atoms with Crippen LogP contribution in [0.2, 0.25) is 0 Å². The van der Waals surface area contributed by atoms with E-state index in [0.717, 1.165) is 17.1 Å². The molecule has 0 saturated carbocycles. The van der Waals surface area contributed by atoms with Crippen LogP contribution < -0.4 is 4.90 Å². The van der Waals surface area contributed by atoms with Crippen LogP contribution in [-0.4, -0.2) is 0 Å². The van der Waals surface area contributed by atoms with Crippen molar-refractivity contribution in [1.82, 2.24) is 0 Å². The van der Waals surface area contributed by atoms with Crippen LogP contribution in [-0.2, 0) is 0 Å². The van der Waals surface area contributed by atoms with E-state index in [0.29, 0.717) is 0 Å². The molecule has 0 heterocycles. The molecule has 0 aromatic heterocycles. The molecular weight excluding hydrogens is 542 g/mol. The summed E-state index contributed by atoms with van der Waals surface area (Å²) in [6.45, 7) is 0. The van der Waals surface area contributed by atoms with Gasteiger partial charge in [0, 0.05) is 16.8 Å². The first-order chi connectivity index (χ1) is 22.3. The maximum Gasteiger partial charge on any atom is 0.0546 e. The molecule has 0 spiro atoms. The van der Waals surface area contributed by atoms with Gasteiger partial charge in [-0.1, -0.05) is 158 Å². The molecule has 0 aliphatic rings. The Bertz CT molecular complexity index is 2250. The van der Waals surface area contributed by atoms with Crippen LogP contribution in [0.15, 0.2) is 188 Å². The van der Waals surface area contributed by atoms with Crippen molar-refractivity contribution < 1.29 is 0 Å². The van der Waals surface area contributed by atoms with E-state index in [4.69, 9.17) is 0 Å². The number of benzene rings is 8. The first kappa shape index (κ1) is 26.7. The van der Waals surface area contributed by atoms with Gasteiger partial charge in [0.2, 0.25) is 0 Å². The highest BCUT2D eigenvalue weighted by Crippen LogP contribution is 2.43. The molecule has 0 bridgehead atoms. The highest BCUT2D eigenvalue weighted by atomic mass is 15.1. The Morgan fingerprint density at radius 3 is 1.53 bits per heavy atom. The molecule has 0 amide bonds. The van der Waals surface area contributed by atoms with Gasteiger partial charge in [-0.3, -0.25) is 0 Å². The quantitative estimate of drug-likeness (QED) is 0.179. The third-order valence-electron chi connectivity index (χ3n) is 8.65. The molecule has 0 aliphatic heterocycles. The molecule has 1 heteroatoms. The molecule has 0 N–H and O–H groups in total. The minimum atomic E-state index is 1.11. The lowest BCUT2D eigenvalue weighted by Crippen LogP contribution is -2.10. The van der Waals surface area contributed by atoms with Gasteiger partial charge >= 0.3 is 0 Å². The fourth-order valence-electron chi connectivity index (χ4n) is 6.50. The van der Waals surface area contributed by atoms with Crippen LogP contribution in [0.4, 0.5) is 17.1 Å². The molecule has 8 rings (SSSR count). The van der Waals surface area contributed by atoms with Crippen molar-refractivity contribution in [3.8, 4) is 33.4 Å². The first-order valence-corrected chi connectivity index (χ1v) is 15.4. The Hall–Kier alpha value is -5.92. The number of hydrogen-bond acceptors (Lipinski definition) is 1. The average molecular weight is 574 g/mol. The number of anilines is 3. The Kier molecular flexibility index (Phi) is 6.90. The normalized spacial score (nSPS) is 11.1. The second kappa shape index (κ2) is 11.6. The zero-order valence-corrected chi connectivity index (χ0v) is 24.8. The first-order valence-electron chi connectivity index (χ1n) is 15.4. The van der Waals surface area contributed by atoms with E-state index in [2.05, 4.69) is 193 Å². The fraction of sp³-hybridized carbons (Fsp3) is 0. The Morgan fingerprint density at radius 1 is 0.289 bits per heavy atom. The van der Waals surface area contributed by atoms with E-state index in [1.54, 1.807) is 0 Å². The predicted molar refractivity (Wildman–Crippen MR) is 192 cm³/mol. The largest absolute Gasteiger partial charge is 0.310 e. The number of fused-ring (bicyclic) bond motifs is 3. The van der Waals surface area contributed by atoms with Gasteiger partial charge < -0.3 is 4.90 Å². The van der Waals surface area contributed by atoms with Crippen molar-refractivity contribution in [3.63, 3.8) is 0 Å². The summed E-state index contributed by atoms with van der Waals surface area (Å²) in [6.07, 6.45) is 0. The molecule has 0 saturated heterocycles. The van der Waals surface area contributed by atoms with Gasteiger partial charge in [-0.05, 0) is 79.9 Å². The van der Waals surface area contributed by atoms with Crippen molar-refractivity contribution in [2.45, 2.75) is 0 Å². The van der Waals surface area contributed by atoms with Crippen molar-refractivity contribution >= 4 is 38.6 Å². The topological polar surface area (TPSA) is 3.24 Å². The van der Waals surface area contributed by atoms with Gasteiger partial charge in [-0.2, -0.15) is 0 Å². The van der Waals surface area contributed by atoms with Crippen LogP contribution in [0.3, 0.4) is 0 Å². The van der Waals surface area contributed by atoms with Gasteiger partial charge in [0.05, 0.1) is 5.69 Å². The lowest BCUT2D eigenvalue weighted by atomic mass is 9.94. The number of nitrogens with zero attached hydrogens (tertiary/aromatic N) is 1. The minimum Gasteiger partial charge on any atom is -0.310 e. The van der Waals surface area contributed by atoms with E-state index in [-0.39, 0.29) is 0 Å². The zero-order chi connectivity index (χ0) is 30.0. The molecule has 1 nitrogen and oxygen atoms in total. The fourth-order valence-corrected chi connectivity index (χ4v) is 6.50. The summed E-state index contributed by atoms with van der Waals surface area (Å²) >= 11 is 0. The minimum absolute atomic E-state index is 1.11. The Balaban J connectivity index is 1.32. The standard InChI is InChI=1S/C44H31N/c1-3-14-32(15-4-1)35-19-13-20-38(30-35)45(44-31-36-18-7-8-23-41(36)42-24-11-12-25-43(42)44)37-28-26-34(27-29-37)40-22-10-9-21-39(40)33-16-5-2-6-17-33/h1-31H. The molecule has 0 radical (unpaired) electrons. The molecular formula is C44H31N. The van der Waals surface area contributed by atoms with Crippen molar-refractivity contribution in [2.24, 2.45) is 0 Å². The lowest BCUT2D eigenvalue weighted by molar-refractivity contribution is 1.30. The van der Waals surface area contributed by atoms with Crippen LogP contribution >= 0.6 is 0 Å². The smallest absolute Gasteiger partial charge is 0.0546 e. The van der Waals surface area contributed by atoms with Gasteiger partial charge in [0.1, 0.15) is 0 Å².